The van der Waals surface area contributed by atoms with Crippen LogP contribution in [0, 0.1) is 0 Å². The first-order valence-electron chi connectivity index (χ1n) is 3.49. The van der Waals surface area contributed by atoms with Crippen molar-refractivity contribution in [3.63, 3.8) is 0 Å². The number of hydrogen-bond acceptors (Lipinski definition) is 2. The van der Waals surface area contributed by atoms with Crippen LogP contribution in [0.3, 0.4) is 0 Å². The van der Waals surface area contributed by atoms with E-state index in [1.165, 1.54) is 0 Å². The standard InChI is InChI=1S/C6H6.C2H5O.CH2O2.Na/c1-2-4-6-5-3-1;1-2-3;2-1-3;/h1-6H;2H2,1H3;1H,(H,2,3);/q;-1;;+1. The fourth-order valence-electron chi connectivity index (χ4n) is 0.385. The van der Waals surface area contributed by atoms with E-state index in [9.17, 15) is 0 Å². The minimum absolute atomic E-state index is 0. The Morgan fingerprint density at radius 1 is 1.15 bits per heavy atom. The molecule has 0 atom stereocenters. The van der Waals surface area contributed by atoms with E-state index < -0.39 is 0 Å². The molecule has 0 aliphatic carbocycles. The molecule has 68 valence electrons. The van der Waals surface area contributed by atoms with E-state index in [4.69, 9.17) is 15.0 Å². The Hall–Kier alpha value is -0.350. The fourth-order valence-corrected chi connectivity index (χ4v) is 0.385. The van der Waals surface area contributed by atoms with E-state index in [2.05, 4.69) is 0 Å². The number of carboxylic acid groups (broad SMARTS) is 1. The first-order valence-corrected chi connectivity index (χ1v) is 3.49. The van der Waals surface area contributed by atoms with Crippen molar-refractivity contribution in [1.82, 2.24) is 0 Å². The van der Waals surface area contributed by atoms with Crippen LogP contribution in [0.4, 0.5) is 0 Å². The van der Waals surface area contributed by atoms with Gasteiger partial charge in [0.05, 0.1) is 0 Å². The van der Waals surface area contributed by atoms with Crippen LogP contribution < -0.4 is 34.7 Å². The van der Waals surface area contributed by atoms with Crippen LogP contribution in [0.2, 0.25) is 0 Å². The van der Waals surface area contributed by atoms with Gasteiger partial charge in [-0.25, -0.2) is 0 Å². The van der Waals surface area contributed by atoms with E-state index in [0.29, 0.717) is 0 Å². The third-order valence-corrected chi connectivity index (χ3v) is 0.667. The summed E-state index contributed by atoms with van der Waals surface area (Å²) in [5.41, 5.74) is 0. The smallest absolute Gasteiger partial charge is 0.855 e. The third kappa shape index (κ3) is 34.0. The van der Waals surface area contributed by atoms with Crippen LogP contribution in [0.1, 0.15) is 6.92 Å². The van der Waals surface area contributed by atoms with Gasteiger partial charge in [-0.2, -0.15) is 0 Å². The first kappa shape index (κ1) is 18.4. The van der Waals surface area contributed by atoms with E-state index in [1.807, 2.05) is 36.4 Å². The summed E-state index contributed by atoms with van der Waals surface area (Å²) in [5, 5.41) is 15.8. The minimum atomic E-state index is -0.250. The Kier molecular flexibility index (Phi) is 32.0. The molecule has 0 spiro atoms. The predicted octanol–water partition coefficient (Wildman–Crippen LogP) is -2.24. The molecule has 0 bridgehead atoms. The normalized spacial score (nSPS) is 6.00. The van der Waals surface area contributed by atoms with Gasteiger partial charge in [0.2, 0.25) is 0 Å². The van der Waals surface area contributed by atoms with Crippen LogP contribution in [-0.4, -0.2) is 18.2 Å². The van der Waals surface area contributed by atoms with Gasteiger partial charge in [0.1, 0.15) is 0 Å². The Labute approximate surface area is 101 Å². The minimum Gasteiger partial charge on any atom is -0.855 e. The molecule has 1 aromatic rings. The van der Waals surface area contributed by atoms with Crippen LogP contribution in [0.15, 0.2) is 36.4 Å². The molecule has 1 aromatic carbocycles. The van der Waals surface area contributed by atoms with Crippen molar-refractivity contribution in [3.8, 4) is 0 Å². The average Bonchev–Trinajstić information content (AvgIpc) is 2.10. The number of benzene rings is 1. The average molecular weight is 192 g/mol. The summed E-state index contributed by atoms with van der Waals surface area (Å²) >= 11 is 0. The van der Waals surface area contributed by atoms with Gasteiger partial charge in [0, 0.05) is 0 Å². The molecule has 0 fully saturated rings. The molecule has 4 heteroatoms. The van der Waals surface area contributed by atoms with Gasteiger partial charge < -0.3 is 10.2 Å². The van der Waals surface area contributed by atoms with Crippen molar-refractivity contribution in [1.29, 1.82) is 0 Å². The van der Waals surface area contributed by atoms with E-state index in [1.54, 1.807) is 6.92 Å². The summed E-state index contributed by atoms with van der Waals surface area (Å²) in [6.45, 7) is 1.32. The molecule has 0 heterocycles. The molecular formula is C9H13NaO3. The summed E-state index contributed by atoms with van der Waals surface area (Å²) in [5.74, 6) is 0. The molecule has 0 saturated heterocycles. The van der Waals surface area contributed by atoms with Gasteiger partial charge in [-0.1, -0.05) is 43.3 Å². The summed E-state index contributed by atoms with van der Waals surface area (Å²) in [4.78, 5) is 8.36. The topological polar surface area (TPSA) is 60.4 Å². The van der Waals surface area contributed by atoms with Crippen LogP contribution in [-0.2, 0) is 4.79 Å². The molecule has 0 aromatic heterocycles. The van der Waals surface area contributed by atoms with Gasteiger partial charge in [-0.05, 0) is 0 Å². The fraction of sp³-hybridized carbons (Fsp3) is 0.222. The van der Waals surface area contributed by atoms with Crippen molar-refractivity contribution < 1.29 is 44.6 Å². The van der Waals surface area contributed by atoms with Crippen molar-refractivity contribution in [3.05, 3.63) is 36.4 Å². The van der Waals surface area contributed by atoms with Crippen LogP contribution in [0.25, 0.3) is 0 Å². The zero-order chi connectivity index (χ0) is 9.66. The summed E-state index contributed by atoms with van der Waals surface area (Å²) in [6, 6.07) is 12.0. The number of hydrogen-bond donors (Lipinski definition) is 1. The van der Waals surface area contributed by atoms with Crippen molar-refractivity contribution in [2.24, 2.45) is 0 Å². The van der Waals surface area contributed by atoms with E-state index in [-0.39, 0.29) is 42.6 Å². The maximum absolute atomic E-state index is 8.93. The second-order valence-corrected chi connectivity index (χ2v) is 1.55. The Balaban J connectivity index is -0.000000126. The molecule has 0 amide bonds. The maximum Gasteiger partial charge on any atom is 1.00 e. The zero-order valence-corrected chi connectivity index (χ0v) is 10.0. The van der Waals surface area contributed by atoms with Crippen LogP contribution in [0.5, 0.6) is 0 Å². The van der Waals surface area contributed by atoms with Gasteiger partial charge in [0.25, 0.3) is 6.47 Å². The number of carbonyl (C=O) groups is 1. The maximum atomic E-state index is 8.93. The molecule has 0 radical (unpaired) electrons. The Morgan fingerprint density at radius 2 is 1.23 bits per heavy atom. The molecule has 0 aliphatic heterocycles. The second-order valence-electron chi connectivity index (χ2n) is 1.55. The Morgan fingerprint density at radius 3 is 1.31 bits per heavy atom. The molecule has 3 nitrogen and oxygen atoms in total. The molecule has 0 unspecified atom stereocenters. The molecule has 1 rings (SSSR count). The number of rotatable bonds is 0. The Bertz CT molecular complexity index is 129. The van der Waals surface area contributed by atoms with Gasteiger partial charge in [-0.3, -0.25) is 4.79 Å². The molecule has 0 saturated carbocycles. The zero-order valence-electron chi connectivity index (χ0n) is 8.01. The van der Waals surface area contributed by atoms with Gasteiger partial charge in [0.15, 0.2) is 0 Å². The second kappa shape index (κ2) is 22.6. The summed E-state index contributed by atoms with van der Waals surface area (Å²) in [7, 11) is 0. The monoisotopic (exact) mass is 192 g/mol. The summed E-state index contributed by atoms with van der Waals surface area (Å²) in [6.07, 6.45) is 0. The van der Waals surface area contributed by atoms with Crippen molar-refractivity contribution in [2.45, 2.75) is 6.92 Å². The first-order chi connectivity index (χ1) is 5.83. The van der Waals surface area contributed by atoms with Crippen molar-refractivity contribution >= 4 is 6.47 Å². The molecule has 1 N–H and O–H groups in total. The quantitative estimate of drug-likeness (QED) is 0.373. The molecule has 13 heavy (non-hydrogen) atoms. The largest absolute Gasteiger partial charge is 1.00 e. The summed E-state index contributed by atoms with van der Waals surface area (Å²) < 4.78 is 0. The van der Waals surface area contributed by atoms with Crippen LogP contribution >= 0.6 is 0 Å². The van der Waals surface area contributed by atoms with Gasteiger partial charge in [-0.15, -0.1) is 6.61 Å². The molecule has 0 aliphatic rings. The third-order valence-electron chi connectivity index (χ3n) is 0.667. The molecular weight excluding hydrogens is 179 g/mol. The van der Waals surface area contributed by atoms with Crippen molar-refractivity contribution in [2.75, 3.05) is 6.61 Å². The van der Waals surface area contributed by atoms with Gasteiger partial charge >= 0.3 is 29.6 Å². The van der Waals surface area contributed by atoms with E-state index in [0.717, 1.165) is 0 Å². The SMILES string of the molecule is CC[O-].O=CO.[Na+].c1ccccc1. The predicted molar refractivity (Wildman–Crippen MR) is 45.7 cm³/mol. The van der Waals surface area contributed by atoms with E-state index >= 15 is 0 Å².